The van der Waals surface area contributed by atoms with Gasteiger partial charge in [-0.1, -0.05) is 13.8 Å². The highest BCUT2D eigenvalue weighted by atomic mass is 16.2. The molecule has 8 nitrogen and oxygen atoms in total. The normalized spacial score (nSPS) is 14.2. The molecule has 0 atom stereocenters. The second-order valence-corrected chi connectivity index (χ2v) is 6.97. The van der Waals surface area contributed by atoms with E-state index in [4.69, 9.17) is 0 Å². The van der Waals surface area contributed by atoms with Crippen LogP contribution >= 0.6 is 0 Å². The van der Waals surface area contributed by atoms with Crippen LogP contribution in [0.5, 0.6) is 0 Å². The number of hydrogen-bond donors (Lipinski definition) is 0. The first-order valence-electron chi connectivity index (χ1n) is 10.0. The Morgan fingerprint density at radius 2 is 1.61 bits per heavy atom. The lowest BCUT2D eigenvalue weighted by Crippen LogP contribution is -2.47. The number of nitrogens with zero attached hydrogens (tertiary/aromatic N) is 7. The third kappa shape index (κ3) is 4.74. The second kappa shape index (κ2) is 9.43. The zero-order valence-corrected chi connectivity index (χ0v) is 17.0. The van der Waals surface area contributed by atoms with Gasteiger partial charge in [0, 0.05) is 57.7 Å². The van der Waals surface area contributed by atoms with Gasteiger partial charge in [0.25, 0.3) is 5.91 Å². The Bertz CT molecular complexity index is 769. The van der Waals surface area contributed by atoms with Gasteiger partial charge in [-0.15, -0.1) is 0 Å². The summed E-state index contributed by atoms with van der Waals surface area (Å²) in [4.78, 5) is 36.9. The van der Waals surface area contributed by atoms with Gasteiger partial charge >= 0.3 is 0 Å². The van der Waals surface area contributed by atoms with E-state index in [0.717, 1.165) is 63.9 Å². The number of rotatable bonds is 7. The summed E-state index contributed by atoms with van der Waals surface area (Å²) in [5.74, 6) is 2.19. The molecule has 0 unspecified atom stereocenters. The van der Waals surface area contributed by atoms with E-state index in [1.807, 2.05) is 24.0 Å². The molecule has 0 bridgehead atoms. The molecular weight excluding hydrogens is 354 g/mol. The maximum atomic E-state index is 12.9. The smallest absolute Gasteiger partial charge is 0.272 e. The molecule has 8 heteroatoms. The second-order valence-electron chi connectivity index (χ2n) is 6.97. The van der Waals surface area contributed by atoms with Crippen molar-refractivity contribution >= 4 is 17.7 Å². The number of anilines is 2. The van der Waals surface area contributed by atoms with Crippen molar-refractivity contribution in [3.8, 4) is 0 Å². The Labute approximate surface area is 166 Å². The Hall–Kier alpha value is -2.77. The largest absolute Gasteiger partial charge is 0.353 e. The Morgan fingerprint density at radius 3 is 2.21 bits per heavy atom. The van der Waals surface area contributed by atoms with Gasteiger partial charge in [0.1, 0.15) is 17.3 Å². The first kappa shape index (κ1) is 20.0. The molecule has 1 aliphatic rings. The van der Waals surface area contributed by atoms with Crippen LogP contribution in [0.25, 0.3) is 0 Å². The molecule has 1 fully saturated rings. The Balaban J connectivity index is 1.72. The maximum absolute atomic E-state index is 12.9. The van der Waals surface area contributed by atoms with Crippen LogP contribution in [0.15, 0.2) is 24.5 Å². The van der Waals surface area contributed by atoms with Gasteiger partial charge in [-0.2, -0.15) is 0 Å². The predicted molar refractivity (Wildman–Crippen MR) is 110 cm³/mol. The van der Waals surface area contributed by atoms with Crippen molar-refractivity contribution in [2.75, 3.05) is 49.1 Å². The van der Waals surface area contributed by atoms with Gasteiger partial charge in [0.2, 0.25) is 5.95 Å². The molecule has 0 radical (unpaired) electrons. The summed E-state index contributed by atoms with van der Waals surface area (Å²) in [6, 6.07) is 3.66. The Morgan fingerprint density at radius 1 is 1.00 bits per heavy atom. The van der Waals surface area contributed by atoms with E-state index >= 15 is 0 Å². The van der Waals surface area contributed by atoms with E-state index in [1.54, 1.807) is 12.4 Å². The summed E-state index contributed by atoms with van der Waals surface area (Å²) in [6.45, 7) is 10.7. The van der Waals surface area contributed by atoms with Gasteiger partial charge in [-0.3, -0.25) is 4.79 Å². The molecule has 1 saturated heterocycles. The molecule has 2 aromatic rings. The van der Waals surface area contributed by atoms with Gasteiger partial charge in [-0.25, -0.2) is 19.9 Å². The van der Waals surface area contributed by atoms with Crippen LogP contribution in [0.1, 0.15) is 43.0 Å². The number of hydrogen-bond acceptors (Lipinski definition) is 7. The fraction of sp³-hybridized carbons (Fsp3) is 0.550. The van der Waals surface area contributed by atoms with Crippen molar-refractivity contribution in [1.29, 1.82) is 0 Å². The van der Waals surface area contributed by atoms with Gasteiger partial charge < -0.3 is 14.7 Å². The van der Waals surface area contributed by atoms with Crippen molar-refractivity contribution in [3.05, 3.63) is 36.0 Å². The molecule has 28 heavy (non-hydrogen) atoms. The highest BCUT2D eigenvalue weighted by Gasteiger charge is 2.23. The molecule has 1 amide bonds. The summed E-state index contributed by atoms with van der Waals surface area (Å²) in [7, 11) is 0. The maximum Gasteiger partial charge on any atom is 0.272 e. The molecule has 0 aromatic carbocycles. The van der Waals surface area contributed by atoms with Crippen molar-refractivity contribution in [2.24, 2.45) is 0 Å². The van der Waals surface area contributed by atoms with E-state index in [-0.39, 0.29) is 5.91 Å². The summed E-state index contributed by atoms with van der Waals surface area (Å²) in [5.41, 5.74) is 0.484. The van der Waals surface area contributed by atoms with Gasteiger partial charge in [-0.05, 0) is 25.8 Å². The minimum Gasteiger partial charge on any atom is -0.353 e. The SMILES string of the molecule is CCCN(CCC)C(=O)c1cc(N2CCN(c3ncccn3)CC2)nc(C)n1. The molecular formula is C20H29N7O. The molecule has 0 saturated carbocycles. The van der Waals surface area contributed by atoms with Crippen molar-refractivity contribution in [3.63, 3.8) is 0 Å². The molecule has 0 spiro atoms. The highest BCUT2D eigenvalue weighted by molar-refractivity contribution is 5.93. The van der Waals surface area contributed by atoms with Crippen LogP contribution in [-0.2, 0) is 0 Å². The topological polar surface area (TPSA) is 78.4 Å². The van der Waals surface area contributed by atoms with Crippen LogP contribution in [0.3, 0.4) is 0 Å². The molecule has 150 valence electrons. The summed E-state index contributed by atoms with van der Waals surface area (Å²) >= 11 is 0. The average Bonchev–Trinajstić information content (AvgIpc) is 2.73. The lowest BCUT2D eigenvalue weighted by molar-refractivity contribution is 0.0749. The zero-order valence-electron chi connectivity index (χ0n) is 17.0. The van der Waals surface area contributed by atoms with Crippen LogP contribution in [0, 0.1) is 6.92 Å². The first-order valence-corrected chi connectivity index (χ1v) is 10.0. The fourth-order valence-corrected chi connectivity index (χ4v) is 3.43. The molecule has 1 aliphatic heterocycles. The van der Waals surface area contributed by atoms with E-state index < -0.39 is 0 Å². The van der Waals surface area contributed by atoms with Gasteiger partial charge in [0.05, 0.1) is 0 Å². The summed E-state index contributed by atoms with van der Waals surface area (Å²) < 4.78 is 0. The van der Waals surface area contributed by atoms with Gasteiger partial charge in [0.15, 0.2) is 0 Å². The number of aromatic nitrogens is 4. The number of aryl methyl sites for hydroxylation is 1. The fourth-order valence-electron chi connectivity index (χ4n) is 3.43. The molecule has 2 aromatic heterocycles. The van der Waals surface area contributed by atoms with Crippen molar-refractivity contribution < 1.29 is 4.79 Å². The zero-order chi connectivity index (χ0) is 19.9. The van der Waals surface area contributed by atoms with E-state index in [0.29, 0.717) is 11.5 Å². The van der Waals surface area contributed by atoms with Crippen LogP contribution in [0.2, 0.25) is 0 Å². The highest BCUT2D eigenvalue weighted by Crippen LogP contribution is 2.18. The average molecular weight is 384 g/mol. The van der Waals surface area contributed by atoms with Crippen LogP contribution in [0.4, 0.5) is 11.8 Å². The standard InChI is InChI=1S/C20H29N7O/c1-4-9-26(10-5-2)19(28)17-15-18(24-16(3)23-17)25-11-13-27(14-12-25)20-21-7-6-8-22-20/h6-8,15H,4-5,9-14H2,1-3H3. The predicted octanol–water partition coefficient (Wildman–Crippen LogP) is 2.16. The number of amides is 1. The molecule has 0 aliphatic carbocycles. The minimum absolute atomic E-state index is 0.00762. The molecule has 0 N–H and O–H groups in total. The van der Waals surface area contributed by atoms with Crippen molar-refractivity contribution in [1.82, 2.24) is 24.8 Å². The third-order valence-corrected chi connectivity index (χ3v) is 4.76. The Kier molecular flexibility index (Phi) is 6.73. The van der Waals surface area contributed by atoms with E-state index in [9.17, 15) is 4.79 Å². The minimum atomic E-state index is -0.00762. The number of carbonyl (C=O) groups is 1. The number of carbonyl (C=O) groups excluding carboxylic acids is 1. The lowest BCUT2D eigenvalue weighted by Gasteiger charge is -2.35. The third-order valence-electron chi connectivity index (χ3n) is 4.76. The van der Waals surface area contributed by atoms with Crippen LogP contribution < -0.4 is 9.80 Å². The summed E-state index contributed by atoms with van der Waals surface area (Å²) in [6.07, 6.45) is 5.40. The molecule has 3 rings (SSSR count). The monoisotopic (exact) mass is 383 g/mol. The number of piperazine rings is 1. The summed E-state index contributed by atoms with van der Waals surface area (Å²) in [5, 5.41) is 0. The first-order chi connectivity index (χ1) is 13.6. The van der Waals surface area contributed by atoms with Crippen molar-refractivity contribution in [2.45, 2.75) is 33.6 Å². The molecule has 3 heterocycles. The lowest BCUT2D eigenvalue weighted by atomic mass is 10.2. The quantitative estimate of drug-likeness (QED) is 0.725. The van der Waals surface area contributed by atoms with E-state index in [2.05, 4.69) is 43.6 Å². The van der Waals surface area contributed by atoms with E-state index in [1.165, 1.54) is 0 Å². The van der Waals surface area contributed by atoms with Crippen LogP contribution in [-0.4, -0.2) is 70.0 Å².